The smallest absolute Gasteiger partial charge is 0.269 e. The van der Waals surface area contributed by atoms with Crippen LogP contribution in [0, 0.1) is 30.3 Å². The first kappa shape index (κ1) is 35.4. The number of nitro groups is 3. The molecule has 16 nitrogen and oxygen atoms in total. The average molecular weight is 687 g/mol. The summed E-state index contributed by atoms with van der Waals surface area (Å²) in [5.41, 5.74) is 1.76. The minimum atomic E-state index is -0.477. The van der Waals surface area contributed by atoms with Crippen LogP contribution in [0.3, 0.4) is 0 Å². The molecule has 0 spiro atoms. The maximum Gasteiger partial charge on any atom is 0.269 e. The Morgan fingerprint density at radius 3 is 0.957 bits per heavy atom. The summed E-state index contributed by atoms with van der Waals surface area (Å²) in [6.45, 7) is 3.19. The number of nitrogens with one attached hydrogen (secondary N) is 6. The lowest BCUT2D eigenvalue weighted by Crippen LogP contribution is -2.44. The molecule has 0 aliphatic carbocycles. The Kier molecular flexibility index (Phi) is 13.8. The van der Waals surface area contributed by atoms with Gasteiger partial charge in [-0.15, -0.1) is 0 Å². The zero-order chi connectivity index (χ0) is 33.5. The van der Waals surface area contributed by atoms with Gasteiger partial charge in [-0.2, -0.15) is 0 Å². The van der Waals surface area contributed by atoms with Crippen molar-refractivity contribution in [2.75, 3.05) is 55.2 Å². The van der Waals surface area contributed by atoms with Crippen molar-refractivity contribution in [3.8, 4) is 0 Å². The van der Waals surface area contributed by atoms with Crippen LogP contribution in [0.4, 0.5) is 34.1 Å². The minimum absolute atomic E-state index is 0.0212. The summed E-state index contributed by atoms with van der Waals surface area (Å²) in [5.74, 6) is 0. The number of nitro benzene ring substituents is 3. The molecule has 0 radical (unpaired) electrons. The van der Waals surface area contributed by atoms with E-state index in [9.17, 15) is 30.3 Å². The normalized spacial score (nSPS) is 10.4. The molecule has 0 fully saturated rings. The molecule has 3 aromatic rings. The van der Waals surface area contributed by atoms with Crippen LogP contribution >= 0.6 is 36.7 Å². The zero-order valence-corrected chi connectivity index (χ0v) is 26.6. The molecule has 242 valence electrons. The van der Waals surface area contributed by atoms with Gasteiger partial charge in [-0.05, 0) is 73.1 Å². The summed E-state index contributed by atoms with van der Waals surface area (Å²) in [6.07, 6.45) is 0. The van der Waals surface area contributed by atoms with Crippen molar-refractivity contribution >= 4 is 86.1 Å². The van der Waals surface area contributed by atoms with Crippen molar-refractivity contribution in [3.05, 3.63) is 103 Å². The van der Waals surface area contributed by atoms with Crippen LogP contribution in [0.2, 0.25) is 0 Å². The van der Waals surface area contributed by atoms with Crippen LogP contribution < -0.4 is 31.9 Å². The van der Waals surface area contributed by atoms with Gasteiger partial charge in [0, 0.05) is 92.7 Å². The van der Waals surface area contributed by atoms with Crippen LogP contribution in [0.25, 0.3) is 0 Å². The first-order valence-electron chi connectivity index (χ1n) is 13.6. The third-order valence-electron chi connectivity index (χ3n) is 6.15. The molecule has 0 saturated carbocycles. The maximum absolute atomic E-state index is 10.9. The van der Waals surface area contributed by atoms with Crippen molar-refractivity contribution in [2.24, 2.45) is 0 Å². The lowest BCUT2D eigenvalue weighted by atomic mass is 10.3. The van der Waals surface area contributed by atoms with Crippen molar-refractivity contribution in [3.63, 3.8) is 0 Å². The van der Waals surface area contributed by atoms with Gasteiger partial charge < -0.3 is 31.9 Å². The fraction of sp³-hybridized carbons (Fsp3) is 0.222. The molecule has 0 saturated heterocycles. The number of benzene rings is 3. The van der Waals surface area contributed by atoms with Crippen LogP contribution in [0.1, 0.15) is 0 Å². The van der Waals surface area contributed by atoms with E-state index in [2.05, 4.69) is 36.8 Å². The van der Waals surface area contributed by atoms with Crippen LogP contribution in [-0.2, 0) is 0 Å². The molecule has 0 aromatic heterocycles. The number of hydrogen-bond donors (Lipinski definition) is 6. The predicted molar refractivity (Wildman–Crippen MR) is 188 cm³/mol. The number of non-ortho nitro benzene ring substituents is 3. The molecule has 0 heterocycles. The zero-order valence-electron chi connectivity index (χ0n) is 24.1. The molecule has 3 rings (SSSR count). The minimum Gasteiger partial charge on any atom is -0.361 e. The summed E-state index contributed by atoms with van der Waals surface area (Å²) in [4.78, 5) is 33.3. The molecule has 19 heteroatoms. The second kappa shape index (κ2) is 18.0. The molecule has 0 amide bonds. The Balaban J connectivity index is 1.48. The summed E-state index contributed by atoms with van der Waals surface area (Å²) in [7, 11) is 0. The first-order valence-corrected chi connectivity index (χ1v) is 14.8. The van der Waals surface area contributed by atoms with Crippen molar-refractivity contribution < 1.29 is 14.8 Å². The molecular weight excluding hydrogens is 657 g/mol. The van der Waals surface area contributed by atoms with Crippen molar-refractivity contribution in [1.29, 1.82) is 0 Å². The van der Waals surface area contributed by atoms with Crippen molar-refractivity contribution in [2.45, 2.75) is 0 Å². The van der Waals surface area contributed by atoms with E-state index in [1.165, 1.54) is 36.4 Å². The van der Waals surface area contributed by atoms with Gasteiger partial charge in [0.25, 0.3) is 17.1 Å². The Morgan fingerprint density at radius 2 is 0.739 bits per heavy atom. The molecule has 3 aromatic carbocycles. The summed E-state index contributed by atoms with van der Waals surface area (Å²) >= 11 is 16.1. The Hall–Kier alpha value is -5.11. The second-order valence-electron chi connectivity index (χ2n) is 9.40. The van der Waals surface area contributed by atoms with Gasteiger partial charge in [0.05, 0.1) is 14.8 Å². The average Bonchev–Trinajstić information content (AvgIpc) is 3.01. The highest BCUT2D eigenvalue weighted by molar-refractivity contribution is 7.80. The molecule has 0 aliphatic heterocycles. The number of hydrogen-bond acceptors (Lipinski definition) is 10. The number of thiocarbonyl (C=S) groups is 3. The highest BCUT2D eigenvalue weighted by Crippen LogP contribution is 2.17. The molecule has 6 N–H and O–H groups in total. The first-order chi connectivity index (χ1) is 22.0. The molecule has 0 bridgehead atoms. The monoisotopic (exact) mass is 686 g/mol. The lowest BCUT2D eigenvalue weighted by Gasteiger charge is -2.24. The largest absolute Gasteiger partial charge is 0.361 e. The molecule has 0 aliphatic rings. The summed E-state index contributed by atoms with van der Waals surface area (Å²) in [6, 6.07) is 17.7. The van der Waals surface area contributed by atoms with Gasteiger partial charge in [-0.25, -0.2) is 0 Å². The SMILES string of the molecule is O=[N+]([O-])c1ccc(NC(=S)NCCN(CCNC(=S)Nc2ccc([N+](=O)[O-])cc2)CCNC(=S)Nc2ccc([N+](=O)[O-])cc2)cc1. The molecule has 0 atom stereocenters. The lowest BCUT2D eigenvalue weighted by molar-refractivity contribution is -0.385. The van der Waals surface area contributed by atoms with E-state index >= 15 is 0 Å². The molecular formula is C27H30N10O6S3. The Bertz CT molecular complexity index is 1360. The number of nitrogens with zero attached hydrogens (tertiary/aromatic N) is 4. The molecule has 0 unspecified atom stereocenters. The van der Waals surface area contributed by atoms with E-state index in [4.69, 9.17) is 36.7 Å². The maximum atomic E-state index is 10.9. The van der Waals surface area contributed by atoms with Gasteiger partial charge in [0.2, 0.25) is 0 Å². The predicted octanol–water partition coefficient (Wildman–Crippen LogP) is 3.97. The van der Waals surface area contributed by atoms with E-state index in [-0.39, 0.29) is 17.1 Å². The van der Waals surface area contributed by atoms with Gasteiger partial charge in [-0.3, -0.25) is 35.2 Å². The third-order valence-corrected chi connectivity index (χ3v) is 6.89. The van der Waals surface area contributed by atoms with Gasteiger partial charge in [-0.1, -0.05) is 0 Å². The van der Waals surface area contributed by atoms with Crippen LogP contribution in [0.15, 0.2) is 72.8 Å². The number of anilines is 3. The van der Waals surface area contributed by atoms with Gasteiger partial charge in [0.15, 0.2) is 15.3 Å². The van der Waals surface area contributed by atoms with Crippen LogP contribution in [0.5, 0.6) is 0 Å². The third kappa shape index (κ3) is 12.5. The Morgan fingerprint density at radius 1 is 0.500 bits per heavy atom. The quantitative estimate of drug-likeness (QED) is 0.0760. The Labute approximate surface area is 279 Å². The van der Waals surface area contributed by atoms with Crippen molar-refractivity contribution in [1.82, 2.24) is 20.9 Å². The van der Waals surface area contributed by atoms with E-state index in [1.807, 2.05) is 0 Å². The van der Waals surface area contributed by atoms with Crippen LogP contribution in [-0.4, -0.2) is 74.3 Å². The highest BCUT2D eigenvalue weighted by atomic mass is 32.1. The van der Waals surface area contributed by atoms with Gasteiger partial charge in [0.1, 0.15) is 0 Å². The highest BCUT2D eigenvalue weighted by Gasteiger charge is 2.10. The fourth-order valence-electron chi connectivity index (χ4n) is 3.84. The molecule has 46 heavy (non-hydrogen) atoms. The fourth-order valence-corrected chi connectivity index (χ4v) is 4.50. The van der Waals surface area contributed by atoms with Gasteiger partial charge >= 0.3 is 0 Å². The van der Waals surface area contributed by atoms with E-state index < -0.39 is 14.8 Å². The topological polar surface area (TPSA) is 205 Å². The summed E-state index contributed by atoms with van der Waals surface area (Å²) in [5, 5.41) is 52.0. The second-order valence-corrected chi connectivity index (χ2v) is 10.6. The number of rotatable bonds is 15. The van der Waals surface area contributed by atoms with E-state index in [1.54, 1.807) is 36.4 Å². The van der Waals surface area contributed by atoms with E-state index in [0.29, 0.717) is 71.7 Å². The summed E-state index contributed by atoms with van der Waals surface area (Å²) < 4.78 is 0. The van der Waals surface area contributed by atoms with E-state index in [0.717, 1.165) is 0 Å². The standard InChI is InChI=1S/C27H30N10O6S3/c38-35(39)22-7-1-19(2-8-22)31-25(44)28-13-16-34(17-14-29-26(45)32-20-3-9-23(10-4-20)36(40)41)18-15-30-27(46)33-21-5-11-24(12-6-21)37(42)43/h1-12H,13-18H2,(H2,28,31,44)(H2,29,32,45)(H2,30,33,46).